The van der Waals surface area contributed by atoms with Crippen molar-refractivity contribution in [3.8, 4) is 0 Å². The molecule has 0 aliphatic heterocycles. The van der Waals surface area contributed by atoms with E-state index in [1.165, 1.54) is 23.1 Å². The number of benzene rings is 2. The van der Waals surface area contributed by atoms with Crippen LogP contribution in [0.2, 0.25) is 5.02 Å². The van der Waals surface area contributed by atoms with Gasteiger partial charge in [0.2, 0.25) is 21.8 Å². The lowest BCUT2D eigenvalue weighted by atomic mass is 10.1. The van der Waals surface area contributed by atoms with Gasteiger partial charge < -0.3 is 10.2 Å². The Labute approximate surface area is 212 Å². The highest BCUT2D eigenvalue weighted by Gasteiger charge is 2.27. The van der Waals surface area contributed by atoms with Crippen LogP contribution < -0.4 is 9.62 Å². The lowest BCUT2D eigenvalue weighted by Crippen LogP contribution is -2.49. The van der Waals surface area contributed by atoms with Gasteiger partial charge in [-0.3, -0.25) is 13.9 Å². The van der Waals surface area contributed by atoms with E-state index in [9.17, 15) is 22.4 Å². The third-order valence-corrected chi connectivity index (χ3v) is 7.14. The third kappa shape index (κ3) is 8.50. The number of anilines is 1. The fourth-order valence-electron chi connectivity index (χ4n) is 3.47. The van der Waals surface area contributed by atoms with Crippen molar-refractivity contribution in [1.82, 2.24) is 10.2 Å². The number of nitrogens with one attached hydrogen (secondary N) is 1. The van der Waals surface area contributed by atoms with Gasteiger partial charge in [-0.1, -0.05) is 42.8 Å². The van der Waals surface area contributed by atoms with Crippen LogP contribution in [-0.2, 0) is 26.2 Å². The van der Waals surface area contributed by atoms with Crippen molar-refractivity contribution < 1.29 is 22.4 Å². The molecular weight excluding hydrogens is 493 g/mol. The molecule has 7 nitrogen and oxygen atoms in total. The molecule has 2 atom stereocenters. The van der Waals surface area contributed by atoms with E-state index in [1.807, 2.05) is 13.8 Å². The maximum atomic E-state index is 14.2. The van der Waals surface area contributed by atoms with Gasteiger partial charge in [0.15, 0.2) is 0 Å². The molecule has 0 saturated heterocycles. The van der Waals surface area contributed by atoms with Crippen LogP contribution in [0.5, 0.6) is 0 Å². The molecule has 0 fully saturated rings. The number of carbonyl (C=O) groups is 2. The van der Waals surface area contributed by atoms with E-state index in [4.69, 9.17) is 11.6 Å². The number of carbonyl (C=O) groups excluding carboxylic acids is 2. The van der Waals surface area contributed by atoms with Crippen molar-refractivity contribution in [3.63, 3.8) is 0 Å². The number of hydrogen-bond acceptors (Lipinski definition) is 4. The standard InChI is InChI=1S/C25H33ClFN3O4S/c1-5-18(2)28-25(32)19(3)29(17-20-12-14-21(26)15-13-20)24(31)11-8-16-30(35(4,33)34)23-10-7-6-9-22(23)27/h6-7,9-10,12-15,18-19H,5,8,11,16-17H2,1-4H3,(H,28,32). The Balaban J connectivity index is 2.17. The van der Waals surface area contributed by atoms with E-state index in [0.29, 0.717) is 5.02 Å². The van der Waals surface area contributed by atoms with Gasteiger partial charge in [-0.15, -0.1) is 0 Å². The average Bonchev–Trinajstić information content (AvgIpc) is 2.80. The van der Waals surface area contributed by atoms with Crippen molar-refractivity contribution in [1.29, 1.82) is 0 Å². The minimum absolute atomic E-state index is 0.0188. The fourth-order valence-corrected chi connectivity index (χ4v) is 4.56. The van der Waals surface area contributed by atoms with Gasteiger partial charge in [0.05, 0.1) is 11.9 Å². The average molecular weight is 526 g/mol. The first-order valence-electron chi connectivity index (χ1n) is 11.5. The molecule has 0 bridgehead atoms. The van der Waals surface area contributed by atoms with Crippen LogP contribution in [0, 0.1) is 5.82 Å². The van der Waals surface area contributed by atoms with Crippen LogP contribution in [0.3, 0.4) is 0 Å². The number of nitrogens with zero attached hydrogens (tertiary/aromatic N) is 2. The minimum Gasteiger partial charge on any atom is -0.352 e. The normalized spacial score (nSPS) is 13.1. The summed E-state index contributed by atoms with van der Waals surface area (Å²) in [6.45, 7) is 5.61. The summed E-state index contributed by atoms with van der Waals surface area (Å²) >= 11 is 5.97. The Morgan fingerprint density at radius 3 is 2.29 bits per heavy atom. The van der Waals surface area contributed by atoms with Crippen molar-refractivity contribution in [2.75, 3.05) is 17.1 Å². The highest BCUT2D eigenvalue weighted by molar-refractivity contribution is 7.92. The van der Waals surface area contributed by atoms with Gasteiger partial charge in [-0.25, -0.2) is 12.8 Å². The Morgan fingerprint density at radius 2 is 1.71 bits per heavy atom. The van der Waals surface area contributed by atoms with Crippen LogP contribution in [0.4, 0.5) is 10.1 Å². The van der Waals surface area contributed by atoms with E-state index in [0.717, 1.165) is 22.5 Å². The molecule has 0 radical (unpaired) electrons. The van der Waals surface area contributed by atoms with E-state index >= 15 is 0 Å². The lowest BCUT2D eigenvalue weighted by Gasteiger charge is -2.30. The largest absolute Gasteiger partial charge is 0.352 e. The molecule has 1 N–H and O–H groups in total. The lowest BCUT2D eigenvalue weighted by molar-refractivity contribution is -0.140. The van der Waals surface area contributed by atoms with Gasteiger partial charge in [-0.2, -0.15) is 0 Å². The third-order valence-electron chi connectivity index (χ3n) is 5.71. The van der Waals surface area contributed by atoms with Gasteiger partial charge in [0.25, 0.3) is 0 Å². The van der Waals surface area contributed by atoms with Crippen molar-refractivity contribution >= 4 is 39.1 Å². The zero-order valence-electron chi connectivity index (χ0n) is 20.5. The Bertz CT molecular complexity index is 1110. The molecule has 2 aromatic rings. The molecule has 2 rings (SSSR count). The quantitative estimate of drug-likeness (QED) is 0.446. The number of sulfonamides is 1. The highest BCUT2D eigenvalue weighted by atomic mass is 35.5. The topological polar surface area (TPSA) is 86.8 Å². The van der Waals surface area contributed by atoms with Crippen LogP contribution in [0.25, 0.3) is 0 Å². The summed E-state index contributed by atoms with van der Waals surface area (Å²) in [5.74, 6) is -1.25. The molecule has 0 heterocycles. The summed E-state index contributed by atoms with van der Waals surface area (Å²) in [6, 6.07) is 11.8. The molecule has 0 saturated carbocycles. The van der Waals surface area contributed by atoms with Crippen LogP contribution >= 0.6 is 11.6 Å². The summed E-state index contributed by atoms with van der Waals surface area (Å²) < 4.78 is 39.8. The molecule has 2 unspecified atom stereocenters. The fraction of sp³-hybridized carbons (Fsp3) is 0.440. The highest BCUT2D eigenvalue weighted by Crippen LogP contribution is 2.22. The van der Waals surface area contributed by atoms with Gasteiger partial charge in [-0.05, 0) is 56.5 Å². The summed E-state index contributed by atoms with van der Waals surface area (Å²) in [5, 5.41) is 3.46. The summed E-state index contributed by atoms with van der Waals surface area (Å²) in [5.41, 5.74) is 0.733. The molecule has 0 aliphatic rings. The Kier molecular flexibility index (Phi) is 10.5. The van der Waals surface area contributed by atoms with Gasteiger partial charge in [0, 0.05) is 30.6 Å². The molecular formula is C25H33ClFN3O4S. The number of rotatable bonds is 12. The summed E-state index contributed by atoms with van der Waals surface area (Å²) in [6.07, 6.45) is 1.88. The molecule has 0 spiro atoms. The number of amides is 2. The molecule has 35 heavy (non-hydrogen) atoms. The van der Waals surface area contributed by atoms with Crippen molar-refractivity contribution in [3.05, 3.63) is 64.9 Å². The monoisotopic (exact) mass is 525 g/mol. The summed E-state index contributed by atoms with van der Waals surface area (Å²) in [4.78, 5) is 27.5. The van der Waals surface area contributed by atoms with E-state index in [2.05, 4.69) is 5.32 Å². The van der Waals surface area contributed by atoms with Crippen LogP contribution in [0.15, 0.2) is 48.5 Å². The first kappa shape index (κ1) is 28.6. The smallest absolute Gasteiger partial charge is 0.242 e. The molecule has 2 amide bonds. The zero-order chi connectivity index (χ0) is 26.2. The molecule has 192 valence electrons. The number of para-hydroxylation sites is 1. The van der Waals surface area contributed by atoms with Crippen LogP contribution in [0.1, 0.15) is 45.6 Å². The minimum atomic E-state index is -3.77. The predicted molar refractivity (Wildman–Crippen MR) is 137 cm³/mol. The summed E-state index contributed by atoms with van der Waals surface area (Å²) in [7, 11) is -3.77. The van der Waals surface area contributed by atoms with E-state index < -0.39 is 21.9 Å². The van der Waals surface area contributed by atoms with Gasteiger partial charge >= 0.3 is 0 Å². The zero-order valence-corrected chi connectivity index (χ0v) is 22.1. The second-order valence-corrected chi connectivity index (χ2v) is 10.9. The number of hydrogen-bond donors (Lipinski definition) is 1. The molecule has 10 heteroatoms. The van der Waals surface area contributed by atoms with E-state index in [-0.39, 0.29) is 49.5 Å². The first-order valence-corrected chi connectivity index (χ1v) is 13.7. The SMILES string of the molecule is CCC(C)NC(=O)C(C)N(Cc1ccc(Cl)cc1)C(=O)CCCN(c1ccccc1F)S(C)(=O)=O. The second kappa shape index (κ2) is 12.9. The van der Waals surface area contributed by atoms with Crippen molar-refractivity contribution in [2.24, 2.45) is 0 Å². The molecule has 0 aromatic heterocycles. The maximum absolute atomic E-state index is 14.2. The molecule has 0 aliphatic carbocycles. The number of halogens is 2. The van der Waals surface area contributed by atoms with Gasteiger partial charge in [0.1, 0.15) is 11.9 Å². The second-order valence-electron chi connectivity index (χ2n) is 8.53. The first-order chi connectivity index (χ1) is 16.4. The van der Waals surface area contributed by atoms with Crippen LogP contribution in [-0.4, -0.2) is 50.0 Å². The maximum Gasteiger partial charge on any atom is 0.242 e. The predicted octanol–water partition coefficient (Wildman–Crippen LogP) is 4.36. The van der Waals surface area contributed by atoms with E-state index in [1.54, 1.807) is 37.3 Å². The molecule has 2 aromatic carbocycles. The Hall–Kier alpha value is -2.65. The Morgan fingerprint density at radius 1 is 1.09 bits per heavy atom. The van der Waals surface area contributed by atoms with Crippen molar-refractivity contribution in [2.45, 2.75) is 58.7 Å².